The van der Waals surface area contributed by atoms with Gasteiger partial charge in [-0.15, -0.1) is 0 Å². The van der Waals surface area contributed by atoms with Crippen LogP contribution in [-0.4, -0.2) is 14.8 Å². The van der Waals surface area contributed by atoms with E-state index in [-0.39, 0.29) is 0 Å². The first-order valence-electron chi connectivity index (χ1n) is 6.09. The lowest BCUT2D eigenvalue weighted by molar-refractivity contribution is 0.720. The zero-order valence-corrected chi connectivity index (χ0v) is 10.7. The van der Waals surface area contributed by atoms with E-state index >= 15 is 0 Å². The number of rotatable bonds is 3. The minimum atomic E-state index is 0.700. The fraction of sp³-hybridized carbons (Fsp3) is 0.143. The minimum Gasteiger partial charge on any atom is -0.398 e. The van der Waals surface area contributed by atoms with Gasteiger partial charge in [-0.3, -0.25) is 9.67 Å². The van der Waals surface area contributed by atoms with Crippen LogP contribution in [0, 0.1) is 0 Å². The lowest BCUT2D eigenvalue weighted by Crippen LogP contribution is -2.06. The fourth-order valence-electron chi connectivity index (χ4n) is 2.10. The van der Waals surface area contributed by atoms with Crippen LogP contribution in [0.1, 0.15) is 5.69 Å². The summed E-state index contributed by atoms with van der Waals surface area (Å²) in [6.45, 7) is 0.700. The molecule has 0 bridgehead atoms. The second-order valence-electron chi connectivity index (χ2n) is 4.40. The summed E-state index contributed by atoms with van der Waals surface area (Å²) in [5.74, 6) is 0. The monoisotopic (exact) mass is 253 g/mol. The van der Waals surface area contributed by atoms with Crippen LogP contribution >= 0.6 is 0 Å². The number of aryl methyl sites for hydroxylation is 1. The van der Waals surface area contributed by atoms with Crippen molar-refractivity contribution in [3.05, 3.63) is 48.4 Å². The molecule has 0 amide bonds. The summed E-state index contributed by atoms with van der Waals surface area (Å²) < 4.78 is 1.85. The molecule has 0 aliphatic rings. The summed E-state index contributed by atoms with van der Waals surface area (Å²) in [5.41, 5.74) is 9.69. The molecule has 0 spiro atoms. The molecule has 2 aromatic heterocycles. The SMILES string of the molecule is Cn1nccc1CNc1ccc(N)c2cccnc12. The van der Waals surface area contributed by atoms with Crippen LogP contribution < -0.4 is 11.1 Å². The molecule has 0 fully saturated rings. The number of nitrogens with one attached hydrogen (secondary N) is 1. The predicted molar refractivity (Wildman–Crippen MR) is 76.7 cm³/mol. The number of pyridine rings is 1. The van der Waals surface area contributed by atoms with E-state index in [1.54, 1.807) is 12.4 Å². The van der Waals surface area contributed by atoms with Crippen LogP contribution in [0.3, 0.4) is 0 Å². The molecule has 0 unspecified atom stereocenters. The molecule has 2 heterocycles. The summed E-state index contributed by atoms with van der Waals surface area (Å²) in [6.07, 6.45) is 3.56. The number of nitrogen functional groups attached to an aromatic ring is 1. The number of hydrogen-bond acceptors (Lipinski definition) is 4. The van der Waals surface area contributed by atoms with Crippen LogP contribution in [0.25, 0.3) is 10.9 Å². The van der Waals surface area contributed by atoms with Crippen molar-refractivity contribution in [2.24, 2.45) is 7.05 Å². The van der Waals surface area contributed by atoms with Gasteiger partial charge in [0.25, 0.3) is 0 Å². The van der Waals surface area contributed by atoms with E-state index in [2.05, 4.69) is 15.4 Å². The Morgan fingerprint density at radius 3 is 2.89 bits per heavy atom. The third-order valence-corrected chi connectivity index (χ3v) is 3.19. The number of fused-ring (bicyclic) bond motifs is 1. The Morgan fingerprint density at radius 2 is 2.11 bits per heavy atom. The average molecular weight is 253 g/mol. The zero-order chi connectivity index (χ0) is 13.2. The lowest BCUT2D eigenvalue weighted by Gasteiger charge is -2.10. The van der Waals surface area contributed by atoms with Crippen molar-refractivity contribution in [1.82, 2.24) is 14.8 Å². The maximum atomic E-state index is 5.96. The molecule has 3 rings (SSSR count). The number of aromatic nitrogens is 3. The van der Waals surface area contributed by atoms with E-state index < -0.39 is 0 Å². The summed E-state index contributed by atoms with van der Waals surface area (Å²) in [6, 6.07) is 9.72. The highest BCUT2D eigenvalue weighted by molar-refractivity contribution is 5.98. The van der Waals surface area contributed by atoms with Crippen LogP contribution in [0.5, 0.6) is 0 Å². The van der Waals surface area contributed by atoms with Crippen LogP contribution in [0.4, 0.5) is 11.4 Å². The van der Waals surface area contributed by atoms with E-state index in [0.29, 0.717) is 6.54 Å². The first-order chi connectivity index (χ1) is 9.25. The number of nitrogens with two attached hydrogens (primary N) is 1. The molecule has 3 N–H and O–H groups in total. The first-order valence-corrected chi connectivity index (χ1v) is 6.09. The molecule has 0 aliphatic carbocycles. The van der Waals surface area contributed by atoms with Crippen molar-refractivity contribution in [2.45, 2.75) is 6.54 Å². The fourth-order valence-corrected chi connectivity index (χ4v) is 2.10. The first kappa shape index (κ1) is 11.5. The van der Waals surface area contributed by atoms with Gasteiger partial charge in [-0.1, -0.05) is 0 Å². The summed E-state index contributed by atoms with van der Waals surface area (Å²) in [7, 11) is 1.93. The summed E-state index contributed by atoms with van der Waals surface area (Å²) in [5, 5.41) is 8.50. The molecule has 0 aliphatic heterocycles. The summed E-state index contributed by atoms with van der Waals surface area (Å²) in [4.78, 5) is 4.40. The maximum Gasteiger partial charge on any atom is 0.0953 e. The standard InChI is InChI=1S/C14H15N5/c1-19-10(6-8-18-19)9-17-13-5-4-12(15)11-3-2-7-16-14(11)13/h2-8,17H,9,15H2,1H3. The Labute approximate surface area is 111 Å². The molecule has 5 heteroatoms. The number of nitrogens with zero attached hydrogens (tertiary/aromatic N) is 3. The molecule has 96 valence electrons. The van der Waals surface area contributed by atoms with Crippen molar-refractivity contribution >= 4 is 22.3 Å². The van der Waals surface area contributed by atoms with Crippen LogP contribution in [0.15, 0.2) is 42.7 Å². The predicted octanol–water partition coefficient (Wildman–Crippen LogP) is 2.16. The van der Waals surface area contributed by atoms with Gasteiger partial charge in [0.15, 0.2) is 0 Å². The third kappa shape index (κ3) is 2.10. The van der Waals surface area contributed by atoms with Gasteiger partial charge in [-0.25, -0.2) is 0 Å². The van der Waals surface area contributed by atoms with E-state index in [9.17, 15) is 0 Å². The largest absolute Gasteiger partial charge is 0.398 e. The van der Waals surface area contributed by atoms with E-state index in [0.717, 1.165) is 28.0 Å². The van der Waals surface area contributed by atoms with Crippen molar-refractivity contribution in [3.8, 4) is 0 Å². The van der Waals surface area contributed by atoms with Gasteiger partial charge < -0.3 is 11.1 Å². The molecular formula is C14H15N5. The molecule has 0 atom stereocenters. The van der Waals surface area contributed by atoms with Crippen molar-refractivity contribution < 1.29 is 0 Å². The Morgan fingerprint density at radius 1 is 1.21 bits per heavy atom. The Balaban J connectivity index is 1.93. The Bertz CT molecular complexity index is 717. The average Bonchev–Trinajstić information content (AvgIpc) is 2.84. The Hall–Kier alpha value is -2.56. The van der Waals surface area contributed by atoms with Crippen LogP contribution in [0.2, 0.25) is 0 Å². The highest BCUT2D eigenvalue weighted by atomic mass is 15.3. The Kier molecular flexibility index (Phi) is 2.79. The van der Waals surface area contributed by atoms with Gasteiger partial charge >= 0.3 is 0 Å². The van der Waals surface area contributed by atoms with Gasteiger partial charge in [-0.05, 0) is 30.3 Å². The number of hydrogen-bond donors (Lipinski definition) is 2. The quantitative estimate of drug-likeness (QED) is 0.702. The molecule has 19 heavy (non-hydrogen) atoms. The molecule has 0 radical (unpaired) electrons. The van der Waals surface area contributed by atoms with E-state index in [1.165, 1.54) is 0 Å². The molecular weight excluding hydrogens is 238 g/mol. The molecule has 0 saturated heterocycles. The molecule has 5 nitrogen and oxygen atoms in total. The maximum absolute atomic E-state index is 5.96. The number of benzene rings is 1. The molecule has 3 aromatic rings. The van der Waals surface area contributed by atoms with Crippen molar-refractivity contribution in [3.63, 3.8) is 0 Å². The molecule has 1 aromatic carbocycles. The van der Waals surface area contributed by atoms with E-state index in [1.807, 2.05) is 42.1 Å². The second kappa shape index (κ2) is 4.61. The van der Waals surface area contributed by atoms with Gasteiger partial charge in [0.1, 0.15) is 0 Å². The van der Waals surface area contributed by atoms with Gasteiger partial charge in [-0.2, -0.15) is 5.10 Å². The zero-order valence-electron chi connectivity index (χ0n) is 10.7. The van der Waals surface area contributed by atoms with Gasteiger partial charge in [0.2, 0.25) is 0 Å². The molecule has 0 saturated carbocycles. The highest BCUT2D eigenvalue weighted by Crippen LogP contribution is 2.26. The van der Waals surface area contributed by atoms with Crippen LogP contribution in [-0.2, 0) is 13.6 Å². The van der Waals surface area contributed by atoms with Crippen molar-refractivity contribution in [2.75, 3.05) is 11.1 Å². The smallest absolute Gasteiger partial charge is 0.0953 e. The normalized spacial score (nSPS) is 10.8. The number of anilines is 2. The highest BCUT2D eigenvalue weighted by Gasteiger charge is 2.05. The summed E-state index contributed by atoms with van der Waals surface area (Å²) >= 11 is 0. The topological polar surface area (TPSA) is 68.8 Å². The van der Waals surface area contributed by atoms with Gasteiger partial charge in [0, 0.05) is 30.5 Å². The third-order valence-electron chi connectivity index (χ3n) is 3.19. The van der Waals surface area contributed by atoms with E-state index in [4.69, 9.17) is 5.73 Å². The lowest BCUT2D eigenvalue weighted by atomic mass is 10.1. The van der Waals surface area contributed by atoms with Gasteiger partial charge in [0.05, 0.1) is 23.4 Å². The van der Waals surface area contributed by atoms with Crippen molar-refractivity contribution in [1.29, 1.82) is 0 Å². The second-order valence-corrected chi connectivity index (χ2v) is 4.40. The minimum absolute atomic E-state index is 0.700.